The minimum absolute atomic E-state index is 0.0472. The average Bonchev–Trinajstić information content (AvgIpc) is 2.61. The van der Waals surface area contributed by atoms with Crippen LogP contribution in [0.4, 0.5) is 0 Å². The molecule has 0 aromatic heterocycles. The monoisotopic (exact) mass is 412 g/mol. The van der Waals surface area contributed by atoms with Crippen molar-refractivity contribution in [2.75, 3.05) is 20.0 Å². The Morgan fingerprint density at radius 1 is 0.808 bits per heavy atom. The fourth-order valence-electron chi connectivity index (χ4n) is 2.64. The molecule has 0 N–H and O–H groups in total. The van der Waals surface area contributed by atoms with E-state index in [4.69, 9.17) is 0 Å². The molecule has 156 valence electrons. The Morgan fingerprint density at radius 3 is 1.92 bits per heavy atom. The second kappa shape index (κ2) is 14.6. The van der Waals surface area contributed by atoms with Gasteiger partial charge in [-0.3, -0.25) is 8.37 Å². The van der Waals surface area contributed by atoms with Crippen LogP contribution in [0.1, 0.15) is 77.6 Å². The standard InChI is InChI=1S/C18H36O6S2/c1-4-5-6-7-8-9-10-11-12-13-14-15-18(26(21,22)24-3)16-17-25(19,20)23-2/h13-14,18H,4-12,15-17H2,1-3H3/b14-13-. The highest BCUT2D eigenvalue weighted by Gasteiger charge is 2.26. The summed E-state index contributed by atoms with van der Waals surface area (Å²) in [5.74, 6) is -0.345. The molecule has 0 amide bonds. The molecule has 0 saturated heterocycles. The van der Waals surface area contributed by atoms with Crippen LogP contribution in [0.2, 0.25) is 0 Å². The molecule has 0 aromatic rings. The number of rotatable bonds is 17. The first kappa shape index (κ1) is 25.6. The molecule has 0 radical (unpaired) electrons. The van der Waals surface area contributed by atoms with Crippen LogP contribution in [0, 0.1) is 0 Å². The Labute approximate surface area is 160 Å². The summed E-state index contributed by atoms with van der Waals surface area (Å²) in [6, 6.07) is 0. The molecule has 0 aromatic carbocycles. The SMILES string of the molecule is CCCCCCCCCC/C=C\CC(CCS(=O)(=O)OC)S(=O)(=O)OC. The Morgan fingerprint density at radius 2 is 1.38 bits per heavy atom. The predicted molar refractivity (Wildman–Crippen MR) is 106 cm³/mol. The van der Waals surface area contributed by atoms with E-state index in [1.165, 1.54) is 44.9 Å². The highest BCUT2D eigenvalue weighted by atomic mass is 32.2. The molecule has 0 rings (SSSR count). The summed E-state index contributed by atoms with van der Waals surface area (Å²) in [5, 5.41) is -0.882. The van der Waals surface area contributed by atoms with Gasteiger partial charge in [0.2, 0.25) is 0 Å². The van der Waals surface area contributed by atoms with Crippen molar-refractivity contribution in [1.82, 2.24) is 0 Å². The van der Waals surface area contributed by atoms with Crippen molar-refractivity contribution in [3.8, 4) is 0 Å². The molecule has 0 aliphatic carbocycles. The van der Waals surface area contributed by atoms with Crippen LogP contribution in [0.3, 0.4) is 0 Å². The third-order valence-electron chi connectivity index (χ3n) is 4.37. The molecule has 0 saturated carbocycles. The molecule has 0 heterocycles. The molecular formula is C18H36O6S2. The van der Waals surface area contributed by atoms with Crippen molar-refractivity contribution in [1.29, 1.82) is 0 Å². The van der Waals surface area contributed by atoms with Gasteiger partial charge in [0.05, 0.1) is 25.2 Å². The lowest BCUT2D eigenvalue weighted by Crippen LogP contribution is -2.25. The van der Waals surface area contributed by atoms with E-state index in [2.05, 4.69) is 15.3 Å². The van der Waals surface area contributed by atoms with Crippen molar-refractivity contribution in [2.45, 2.75) is 82.8 Å². The van der Waals surface area contributed by atoms with Gasteiger partial charge in [-0.2, -0.15) is 16.8 Å². The van der Waals surface area contributed by atoms with E-state index in [1.807, 2.05) is 12.2 Å². The third-order valence-corrected chi connectivity index (χ3v) is 7.33. The van der Waals surface area contributed by atoms with Gasteiger partial charge in [0.25, 0.3) is 20.2 Å². The Kier molecular flexibility index (Phi) is 14.4. The van der Waals surface area contributed by atoms with Gasteiger partial charge in [-0.05, 0) is 25.7 Å². The first-order valence-corrected chi connectivity index (χ1v) is 12.6. The molecule has 1 unspecified atom stereocenters. The number of unbranched alkanes of at least 4 members (excludes halogenated alkanes) is 8. The normalized spacial score (nSPS) is 14.1. The molecule has 1 atom stereocenters. The van der Waals surface area contributed by atoms with Crippen molar-refractivity contribution in [2.24, 2.45) is 0 Å². The van der Waals surface area contributed by atoms with Crippen LogP contribution < -0.4 is 0 Å². The van der Waals surface area contributed by atoms with Gasteiger partial charge in [-0.1, -0.05) is 64.0 Å². The van der Waals surface area contributed by atoms with Crippen LogP contribution in [0.15, 0.2) is 12.2 Å². The van der Waals surface area contributed by atoms with E-state index in [0.29, 0.717) is 0 Å². The quantitative estimate of drug-likeness (QED) is 0.202. The van der Waals surface area contributed by atoms with Crippen LogP contribution in [-0.4, -0.2) is 42.1 Å². The summed E-state index contributed by atoms with van der Waals surface area (Å²) < 4.78 is 55.6. The molecule has 0 spiro atoms. The maximum atomic E-state index is 11.9. The van der Waals surface area contributed by atoms with E-state index in [0.717, 1.165) is 27.1 Å². The van der Waals surface area contributed by atoms with Gasteiger partial charge in [0.15, 0.2) is 0 Å². The predicted octanol–water partition coefficient (Wildman–Crippen LogP) is 4.17. The second-order valence-electron chi connectivity index (χ2n) is 6.47. The Hall–Kier alpha value is -0.440. The van der Waals surface area contributed by atoms with Gasteiger partial charge in [-0.15, -0.1) is 0 Å². The number of hydrogen-bond acceptors (Lipinski definition) is 6. The zero-order chi connectivity index (χ0) is 19.9. The topological polar surface area (TPSA) is 86.7 Å². The molecule has 8 heteroatoms. The summed E-state index contributed by atoms with van der Waals surface area (Å²) in [7, 11) is -5.29. The fraction of sp³-hybridized carbons (Fsp3) is 0.889. The molecule has 26 heavy (non-hydrogen) atoms. The highest BCUT2D eigenvalue weighted by molar-refractivity contribution is 7.88. The zero-order valence-corrected chi connectivity index (χ0v) is 18.1. The smallest absolute Gasteiger partial charge is 0.270 e. The van der Waals surface area contributed by atoms with Gasteiger partial charge in [0.1, 0.15) is 0 Å². The summed E-state index contributed by atoms with van der Waals surface area (Å²) >= 11 is 0. The van der Waals surface area contributed by atoms with Gasteiger partial charge < -0.3 is 0 Å². The maximum Gasteiger partial charge on any atom is 0.270 e. The van der Waals surface area contributed by atoms with Crippen molar-refractivity contribution in [3.05, 3.63) is 12.2 Å². The van der Waals surface area contributed by atoms with Crippen LogP contribution in [0.5, 0.6) is 0 Å². The zero-order valence-electron chi connectivity index (χ0n) is 16.5. The maximum absolute atomic E-state index is 11.9. The molecule has 0 fully saturated rings. The second-order valence-corrected chi connectivity index (χ2v) is 10.3. The van der Waals surface area contributed by atoms with Gasteiger partial charge in [0, 0.05) is 0 Å². The van der Waals surface area contributed by atoms with Gasteiger partial charge in [-0.25, -0.2) is 0 Å². The fourth-order valence-corrected chi connectivity index (χ4v) is 4.55. The summed E-state index contributed by atoms with van der Waals surface area (Å²) in [6.07, 6.45) is 14.9. The van der Waals surface area contributed by atoms with Crippen molar-refractivity contribution in [3.63, 3.8) is 0 Å². The highest BCUT2D eigenvalue weighted by Crippen LogP contribution is 2.16. The van der Waals surface area contributed by atoms with Crippen molar-refractivity contribution >= 4 is 20.2 Å². The number of allylic oxidation sites excluding steroid dienone is 2. The van der Waals surface area contributed by atoms with E-state index in [1.54, 1.807) is 0 Å². The summed E-state index contributed by atoms with van der Waals surface area (Å²) in [4.78, 5) is 0. The van der Waals surface area contributed by atoms with Crippen LogP contribution >= 0.6 is 0 Å². The molecule has 0 bridgehead atoms. The lowest BCUT2D eigenvalue weighted by atomic mass is 10.1. The van der Waals surface area contributed by atoms with E-state index >= 15 is 0 Å². The average molecular weight is 413 g/mol. The minimum atomic E-state index is -3.77. The first-order chi connectivity index (χ1) is 12.3. The largest absolute Gasteiger partial charge is 0.273 e. The van der Waals surface area contributed by atoms with E-state index < -0.39 is 25.5 Å². The lowest BCUT2D eigenvalue weighted by Gasteiger charge is -2.13. The van der Waals surface area contributed by atoms with Crippen LogP contribution in [-0.2, 0) is 28.6 Å². The summed E-state index contributed by atoms with van der Waals surface area (Å²) in [6.45, 7) is 2.21. The Balaban J connectivity index is 4.14. The third kappa shape index (κ3) is 12.8. The first-order valence-electron chi connectivity index (χ1n) is 9.51. The molecule has 0 aliphatic heterocycles. The van der Waals surface area contributed by atoms with E-state index in [9.17, 15) is 16.8 Å². The Bertz CT molecular complexity index is 566. The minimum Gasteiger partial charge on any atom is -0.273 e. The molecule has 6 nitrogen and oxygen atoms in total. The lowest BCUT2D eigenvalue weighted by molar-refractivity contribution is 0.382. The van der Waals surface area contributed by atoms with Crippen molar-refractivity contribution < 1.29 is 25.2 Å². The summed E-state index contributed by atoms with van der Waals surface area (Å²) in [5.41, 5.74) is 0. The van der Waals surface area contributed by atoms with Gasteiger partial charge >= 0.3 is 0 Å². The van der Waals surface area contributed by atoms with E-state index in [-0.39, 0.29) is 18.6 Å². The molecular weight excluding hydrogens is 376 g/mol. The number of hydrogen-bond donors (Lipinski definition) is 0. The van der Waals surface area contributed by atoms with Crippen LogP contribution in [0.25, 0.3) is 0 Å². The molecule has 0 aliphatic rings.